The van der Waals surface area contributed by atoms with Gasteiger partial charge in [-0.25, -0.2) is 0 Å². The summed E-state index contributed by atoms with van der Waals surface area (Å²) in [5.74, 6) is 1.44. The molecule has 1 aliphatic heterocycles. The zero-order valence-electron chi connectivity index (χ0n) is 15.6. The number of ether oxygens (including phenoxy) is 2. The summed E-state index contributed by atoms with van der Waals surface area (Å²) in [6, 6.07) is 5.70. The average Bonchev–Trinajstić information content (AvgIpc) is 3.13. The average molecular weight is 402 g/mol. The second kappa shape index (κ2) is 11.7. The van der Waals surface area contributed by atoms with Gasteiger partial charge in [-0.2, -0.15) is 0 Å². The van der Waals surface area contributed by atoms with E-state index < -0.39 is 0 Å². The number of aliphatic imine (C=N–C) groups is 1. The highest BCUT2D eigenvalue weighted by molar-refractivity contribution is 6.42. The number of benzene rings is 1. The van der Waals surface area contributed by atoms with Crippen molar-refractivity contribution in [1.82, 2.24) is 10.2 Å². The summed E-state index contributed by atoms with van der Waals surface area (Å²) in [5, 5.41) is 4.47. The van der Waals surface area contributed by atoms with E-state index in [1.165, 1.54) is 0 Å². The minimum atomic E-state index is 0.563. The normalized spacial score (nSPS) is 17.5. The molecule has 0 amide bonds. The van der Waals surface area contributed by atoms with Crippen LogP contribution in [0.5, 0.6) is 0 Å². The zero-order chi connectivity index (χ0) is 18.8. The number of nitrogens with one attached hydrogen (secondary N) is 1. The topological polar surface area (TPSA) is 46.1 Å². The van der Waals surface area contributed by atoms with Gasteiger partial charge in [-0.15, -0.1) is 0 Å². The van der Waals surface area contributed by atoms with Crippen molar-refractivity contribution in [3.8, 4) is 0 Å². The van der Waals surface area contributed by atoms with Crippen LogP contribution < -0.4 is 5.32 Å². The maximum atomic E-state index is 6.10. The lowest BCUT2D eigenvalue weighted by atomic mass is 10.1. The summed E-state index contributed by atoms with van der Waals surface area (Å²) in [6.07, 6.45) is 2.02. The third-order valence-electron chi connectivity index (χ3n) is 4.19. The van der Waals surface area contributed by atoms with Crippen LogP contribution in [0.15, 0.2) is 23.2 Å². The highest BCUT2D eigenvalue weighted by Gasteiger charge is 2.15. The molecule has 0 spiro atoms. The lowest BCUT2D eigenvalue weighted by molar-refractivity contribution is 0.0893. The fourth-order valence-corrected chi connectivity index (χ4v) is 3.09. The number of halogens is 2. The standard InChI is InChI=1S/C19H29Cl2N3O2/c1-3-22-19(23-8-4-9-25-13-16-7-10-26-14-16)24(2)12-15-5-6-17(20)18(21)11-15/h5-6,11,16H,3-4,7-10,12-14H2,1-2H3,(H,22,23). The predicted octanol–water partition coefficient (Wildman–Crippen LogP) is 3.83. The molecule has 1 aromatic carbocycles. The van der Waals surface area contributed by atoms with Gasteiger partial charge in [-0.1, -0.05) is 29.3 Å². The van der Waals surface area contributed by atoms with Crippen molar-refractivity contribution in [3.63, 3.8) is 0 Å². The Morgan fingerprint density at radius 3 is 2.92 bits per heavy atom. The molecular weight excluding hydrogens is 373 g/mol. The molecule has 1 aromatic rings. The predicted molar refractivity (Wildman–Crippen MR) is 108 cm³/mol. The summed E-state index contributed by atoms with van der Waals surface area (Å²) in [6.45, 7) is 7.56. The second-order valence-corrected chi connectivity index (χ2v) is 7.31. The first kappa shape index (κ1) is 21.3. The number of hydrogen-bond acceptors (Lipinski definition) is 3. The molecule has 7 heteroatoms. The largest absolute Gasteiger partial charge is 0.381 e. The highest BCUT2D eigenvalue weighted by Crippen LogP contribution is 2.23. The van der Waals surface area contributed by atoms with Gasteiger partial charge in [0.25, 0.3) is 0 Å². The quantitative estimate of drug-likeness (QED) is 0.387. The van der Waals surface area contributed by atoms with E-state index in [9.17, 15) is 0 Å². The molecule has 1 saturated heterocycles. The SMILES string of the molecule is CCNC(=NCCCOCC1CCOC1)N(C)Cc1ccc(Cl)c(Cl)c1. The van der Waals surface area contributed by atoms with Crippen molar-refractivity contribution in [2.75, 3.05) is 46.6 Å². The third-order valence-corrected chi connectivity index (χ3v) is 4.93. The van der Waals surface area contributed by atoms with E-state index in [1.807, 2.05) is 25.2 Å². The van der Waals surface area contributed by atoms with Gasteiger partial charge in [0, 0.05) is 45.8 Å². The molecule has 146 valence electrons. The first-order chi connectivity index (χ1) is 12.6. The molecule has 0 bridgehead atoms. The summed E-state index contributed by atoms with van der Waals surface area (Å²) in [5.41, 5.74) is 1.09. The number of hydrogen-bond donors (Lipinski definition) is 1. The molecule has 0 aliphatic carbocycles. The Morgan fingerprint density at radius 2 is 2.23 bits per heavy atom. The number of rotatable bonds is 9. The van der Waals surface area contributed by atoms with Crippen LogP contribution in [-0.2, 0) is 16.0 Å². The van der Waals surface area contributed by atoms with Crippen LogP contribution in [0.1, 0.15) is 25.3 Å². The maximum absolute atomic E-state index is 6.10. The number of nitrogens with zero attached hydrogens (tertiary/aromatic N) is 2. The van der Waals surface area contributed by atoms with Gasteiger partial charge < -0.3 is 19.7 Å². The Kier molecular flexibility index (Phi) is 9.54. The van der Waals surface area contributed by atoms with E-state index in [2.05, 4.69) is 22.1 Å². The van der Waals surface area contributed by atoms with Gasteiger partial charge in [0.1, 0.15) is 0 Å². The van der Waals surface area contributed by atoms with Crippen LogP contribution >= 0.6 is 23.2 Å². The molecular formula is C19H29Cl2N3O2. The van der Waals surface area contributed by atoms with Crippen molar-refractivity contribution in [2.45, 2.75) is 26.3 Å². The first-order valence-corrected chi connectivity index (χ1v) is 9.94. The van der Waals surface area contributed by atoms with Crippen LogP contribution in [0.3, 0.4) is 0 Å². The first-order valence-electron chi connectivity index (χ1n) is 9.19. The molecule has 1 atom stereocenters. The van der Waals surface area contributed by atoms with E-state index in [1.54, 1.807) is 0 Å². The number of guanidine groups is 1. The van der Waals surface area contributed by atoms with Crippen LogP contribution in [0.2, 0.25) is 10.0 Å². The van der Waals surface area contributed by atoms with Crippen molar-refractivity contribution < 1.29 is 9.47 Å². The zero-order valence-corrected chi connectivity index (χ0v) is 17.2. The molecule has 1 heterocycles. The Balaban J connectivity index is 1.75. The molecule has 1 N–H and O–H groups in total. The van der Waals surface area contributed by atoms with Crippen LogP contribution in [0, 0.1) is 5.92 Å². The van der Waals surface area contributed by atoms with E-state index in [0.717, 1.165) is 63.9 Å². The minimum absolute atomic E-state index is 0.563. The molecule has 26 heavy (non-hydrogen) atoms. The van der Waals surface area contributed by atoms with Crippen LogP contribution in [0.25, 0.3) is 0 Å². The highest BCUT2D eigenvalue weighted by atomic mass is 35.5. The maximum Gasteiger partial charge on any atom is 0.193 e. The van der Waals surface area contributed by atoms with Gasteiger partial charge in [-0.05, 0) is 37.5 Å². The van der Waals surface area contributed by atoms with Crippen molar-refractivity contribution >= 4 is 29.2 Å². The van der Waals surface area contributed by atoms with Gasteiger partial charge >= 0.3 is 0 Å². The smallest absolute Gasteiger partial charge is 0.193 e. The summed E-state index contributed by atoms with van der Waals surface area (Å²) in [4.78, 5) is 6.77. The Morgan fingerprint density at radius 1 is 1.38 bits per heavy atom. The fraction of sp³-hybridized carbons (Fsp3) is 0.632. The molecule has 0 radical (unpaired) electrons. The molecule has 2 rings (SSSR count). The molecule has 1 aliphatic rings. The van der Waals surface area contributed by atoms with E-state index in [4.69, 9.17) is 32.7 Å². The van der Waals surface area contributed by atoms with E-state index in [0.29, 0.717) is 22.5 Å². The van der Waals surface area contributed by atoms with Crippen LogP contribution in [-0.4, -0.2) is 57.4 Å². The molecule has 0 aromatic heterocycles. The van der Waals surface area contributed by atoms with Gasteiger partial charge in [0.15, 0.2) is 5.96 Å². The second-order valence-electron chi connectivity index (χ2n) is 6.50. The lowest BCUT2D eigenvalue weighted by Crippen LogP contribution is -2.38. The molecule has 0 saturated carbocycles. The Hall–Kier alpha value is -1.01. The summed E-state index contributed by atoms with van der Waals surface area (Å²) in [7, 11) is 2.01. The van der Waals surface area contributed by atoms with E-state index in [-0.39, 0.29) is 0 Å². The van der Waals surface area contributed by atoms with Crippen molar-refractivity contribution in [2.24, 2.45) is 10.9 Å². The van der Waals surface area contributed by atoms with E-state index >= 15 is 0 Å². The van der Waals surface area contributed by atoms with Gasteiger partial charge in [0.2, 0.25) is 0 Å². The van der Waals surface area contributed by atoms with Crippen molar-refractivity contribution in [3.05, 3.63) is 33.8 Å². The Labute approximate surface area is 166 Å². The lowest BCUT2D eigenvalue weighted by Gasteiger charge is -2.22. The molecule has 5 nitrogen and oxygen atoms in total. The van der Waals surface area contributed by atoms with Gasteiger partial charge in [0.05, 0.1) is 23.3 Å². The monoisotopic (exact) mass is 401 g/mol. The third kappa shape index (κ3) is 7.31. The molecule has 1 unspecified atom stereocenters. The Bertz CT molecular complexity index is 578. The van der Waals surface area contributed by atoms with Gasteiger partial charge in [-0.3, -0.25) is 4.99 Å². The van der Waals surface area contributed by atoms with Crippen molar-refractivity contribution in [1.29, 1.82) is 0 Å². The minimum Gasteiger partial charge on any atom is -0.381 e. The summed E-state index contributed by atoms with van der Waals surface area (Å²) >= 11 is 12.1. The summed E-state index contributed by atoms with van der Waals surface area (Å²) < 4.78 is 11.1. The molecule has 1 fully saturated rings. The fourth-order valence-electron chi connectivity index (χ4n) is 2.77. The van der Waals surface area contributed by atoms with Crippen LogP contribution in [0.4, 0.5) is 0 Å².